The lowest BCUT2D eigenvalue weighted by atomic mass is 10.2. The minimum atomic E-state index is -0.429. The average molecular weight is 337 g/mol. The first-order valence-electron chi connectivity index (χ1n) is 6.63. The van der Waals surface area contributed by atoms with E-state index in [2.05, 4.69) is 10.5 Å². The van der Waals surface area contributed by atoms with Crippen molar-refractivity contribution in [2.45, 2.75) is 0 Å². The molecule has 2 rings (SSSR count). The third-order valence-electron chi connectivity index (χ3n) is 2.76. The summed E-state index contributed by atoms with van der Waals surface area (Å²) in [6.07, 6.45) is 1.32. The summed E-state index contributed by atoms with van der Waals surface area (Å²) < 4.78 is 18.1. The Hall–Kier alpha value is -2.60. The number of methoxy groups -OCH3 is 1. The molecule has 0 saturated carbocycles. The summed E-state index contributed by atoms with van der Waals surface area (Å²) >= 11 is 5.87. The lowest BCUT2D eigenvalue weighted by Gasteiger charge is -2.09. The van der Waals surface area contributed by atoms with Gasteiger partial charge in [-0.15, -0.1) is 0 Å². The van der Waals surface area contributed by atoms with E-state index in [1.54, 1.807) is 30.3 Å². The Morgan fingerprint density at radius 3 is 2.91 bits per heavy atom. The van der Waals surface area contributed by atoms with Gasteiger partial charge in [-0.25, -0.2) is 4.39 Å². The maximum atomic E-state index is 13.0. The van der Waals surface area contributed by atoms with Gasteiger partial charge in [0.1, 0.15) is 11.6 Å². The van der Waals surface area contributed by atoms with Crippen LogP contribution in [0.15, 0.2) is 47.6 Å². The van der Waals surface area contributed by atoms with Crippen LogP contribution in [-0.4, -0.2) is 25.8 Å². The van der Waals surface area contributed by atoms with Gasteiger partial charge in [-0.1, -0.05) is 28.9 Å². The van der Waals surface area contributed by atoms with Gasteiger partial charge in [0.2, 0.25) is 0 Å². The van der Waals surface area contributed by atoms with Gasteiger partial charge in [-0.05, 0) is 35.9 Å². The van der Waals surface area contributed by atoms with Crippen LogP contribution in [0.4, 0.5) is 10.1 Å². The van der Waals surface area contributed by atoms with Crippen molar-refractivity contribution >= 4 is 29.4 Å². The highest BCUT2D eigenvalue weighted by Gasteiger charge is 2.08. The van der Waals surface area contributed by atoms with Crippen LogP contribution >= 0.6 is 11.6 Å². The van der Waals surface area contributed by atoms with Gasteiger partial charge in [-0.2, -0.15) is 0 Å². The van der Waals surface area contributed by atoms with E-state index < -0.39 is 5.91 Å². The highest BCUT2D eigenvalue weighted by Crippen LogP contribution is 2.27. The van der Waals surface area contributed by atoms with Crippen LogP contribution in [-0.2, 0) is 9.63 Å². The first-order chi connectivity index (χ1) is 11.1. The highest BCUT2D eigenvalue weighted by molar-refractivity contribution is 6.31. The number of anilines is 1. The second kappa shape index (κ2) is 8.14. The Balaban J connectivity index is 1.87. The Bertz CT molecular complexity index is 722. The molecule has 0 aliphatic heterocycles. The summed E-state index contributed by atoms with van der Waals surface area (Å²) in [6, 6.07) is 10.7. The van der Waals surface area contributed by atoms with Gasteiger partial charge in [0.05, 0.1) is 19.0 Å². The zero-order valence-corrected chi connectivity index (χ0v) is 13.0. The number of hydrogen-bond donors (Lipinski definition) is 1. The molecule has 120 valence electrons. The van der Waals surface area contributed by atoms with Crippen LogP contribution in [0.3, 0.4) is 0 Å². The summed E-state index contributed by atoms with van der Waals surface area (Å²) in [5, 5.41) is 6.68. The van der Waals surface area contributed by atoms with Crippen molar-refractivity contribution in [1.82, 2.24) is 0 Å². The van der Waals surface area contributed by atoms with Crippen molar-refractivity contribution in [3.05, 3.63) is 58.9 Å². The fourth-order valence-corrected chi connectivity index (χ4v) is 1.92. The maximum absolute atomic E-state index is 13.0. The molecule has 0 bridgehead atoms. The number of oxime groups is 1. The fraction of sp³-hybridized carbons (Fsp3) is 0.125. The predicted octanol–water partition coefficient (Wildman–Crippen LogP) is 3.48. The smallest absolute Gasteiger partial charge is 0.265 e. The van der Waals surface area contributed by atoms with E-state index in [0.29, 0.717) is 22.0 Å². The van der Waals surface area contributed by atoms with Crippen molar-refractivity contribution in [2.75, 3.05) is 19.0 Å². The summed E-state index contributed by atoms with van der Waals surface area (Å²) in [7, 11) is 1.48. The number of amides is 1. The molecule has 2 aromatic carbocycles. The molecular formula is C16H14ClFN2O3. The van der Waals surface area contributed by atoms with E-state index in [-0.39, 0.29) is 12.4 Å². The molecule has 0 saturated heterocycles. The normalized spacial score (nSPS) is 10.6. The molecule has 0 aromatic heterocycles. The van der Waals surface area contributed by atoms with Crippen molar-refractivity contribution in [2.24, 2.45) is 5.16 Å². The van der Waals surface area contributed by atoms with Gasteiger partial charge in [0.15, 0.2) is 6.61 Å². The molecular weight excluding hydrogens is 323 g/mol. The number of ether oxygens (including phenoxy) is 1. The monoisotopic (exact) mass is 336 g/mol. The molecule has 1 N–H and O–H groups in total. The summed E-state index contributed by atoms with van der Waals surface area (Å²) in [5.74, 6) is -0.326. The van der Waals surface area contributed by atoms with E-state index in [0.717, 1.165) is 0 Å². The summed E-state index contributed by atoms with van der Waals surface area (Å²) in [4.78, 5) is 16.7. The molecule has 0 radical (unpaired) electrons. The molecule has 0 unspecified atom stereocenters. The molecule has 0 heterocycles. The fourth-order valence-electron chi connectivity index (χ4n) is 1.75. The molecule has 0 spiro atoms. The third-order valence-corrected chi connectivity index (χ3v) is 2.99. The predicted molar refractivity (Wildman–Crippen MR) is 86.6 cm³/mol. The van der Waals surface area contributed by atoms with Crippen LogP contribution in [0, 0.1) is 5.82 Å². The van der Waals surface area contributed by atoms with Crippen molar-refractivity contribution < 1.29 is 18.8 Å². The standard InChI is InChI=1S/C16H14ClFN2O3/c1-22-15-6-5-12(17)8-14(15)20-16(21)10-23-19-9-11-3-2-4-13(18)7-11/h2-9H,10H2,1H3,(H,20,21)/b19-9-. The summed E-state index contributed by atoms with van der Waals surface area (Å²) in [5.41, 5.74) is 0.963. The largest absolute Gasteiger partial charge is 0.495 e. The molecule has 5 nitrogen and oxygen atoms in total. The van der Waals surface area contributed by atoms with Gasteiger partial charge >= 0.3 is 0 Å². The zero-order valence-electron chi connectivity index (χ0n) is 12.3. The van der Waals surface area contributed by atoms with Crippen LogP contribution in [0.25, 0.3) is 0 Å². The number of carbonyl (C=O) groups excluding carboxylic acids is 1. The minimum Gasteiger partial charge on any atom is -0.495 e. The number of hydrogen-bond acceptors (Lipinski definition) is 4. The molecule has 0 fully saturated rings. The van der Waals surface area contributed by atoms with Crippen molar-refractivity contribution in [1.29, 1.82) is 0 Å². The van der Waals surface area contributed by atoms with E-state index in [4.69, 9.17) is 21.2 Å². The lowest BCUT2D eigenvalue weighted by Crippen LogP contribution is -2.17. The number of nitrogens with zero attached hydrogens (tertiary/aromatic N) is 1. The molecule has 0 aliphatic carbocycles. The van der Waals surface area contributed by atoms with E-state index in [1.165, 1.54) is 25.5 Å². The quantitative estimate of drug-likeness (QED) is 0.649. The number of carbonyl (C=O) groups is 1. The molecule has 0 atom stereocenters. The first-order valence-corrected chi connectivity index (χ1v) is 7.00. The maximum Gasteiger partial charge on any atom is 0.265 e. The number of rotatable bonds is 6. The molecule has 1 amide bonds. The van der Waals surface area contributed by atoms with Gasteiger partial charge in [-0.3, -0.25) is 4.79 Å². The molecule has 7 heteroatoms. The molecule has 23 heavy (non-hydrogen) atoms. The van der Waals surface area contributed by atoms with Crippen LogP contribution in [0.1, 0.15) is 5.56 Å². The molecule has 2 aromatic rings. The van der Waals surface area contributed by atoms with Gasteiger partial charge in [0.25, 0.3) is 5.91 Å². The van der Waals surface area contributed by atoms with Crippen LogP contribution in [0.2, 0.25) is 5.02 Å². The van der Waals surface area contributed by atoms with Crippen molar-refractivity contribution in [3.8, 4) is 5.75 Å². The second-order valence-electron chi connectivity index (χ2n) is 4.46. The number of nitrogens with one attached hydrogen (secondary N) is 1. The SMILES string of the molecule is COc1ccc(Cl)cc1NC(=O)CO/N=C\c1cccc(F)c1. The third kappa shape index (κ3) is 5.27. The van der Waals surface area contributed by atoms with Crippen molar-refractivity contribution in [3.63, 3.8) is 0 Å². The van der Waals surface area contributed by atoms with Crippen LogP contribution in [0.5, 0.6) is 5.75 Å². The summed E-state index contributed by atoms with van der Waals surface area (Å²) in [6.45, 7) is -0.304. The number of benzene rings is 2. The van der Waals surface area contributed by atoms with Gasteiger partial charge < -0.3 is 14.9 Å². The lowest BCUT2D eigenvalue weighted by molar-refractivity contribution is -0.120. The topological polar surface area (TPSA) is 59.9 Å². The Morgan fingerprint density at radius 1 is 1.35 bits per heavy atom. The average Bonchev–Trinajstić information content (AvgIpc) is 2.52. The number of halogens is 2. The van der Waals surface area contributed by atoms with Crippen LogP contribution < -0.4 is 10.1 Å². The first kappa shape index (κ1) is 16.8. The van der Waals surface area contributed by atoms with E-state index in [1.807, 2.05) is 0 Å². The Labute approximate surface area is 137 Å². The Morgan fingerprint density at radius 2 is 2.17 bits per heavy atom. The second-order valence-corrected chi connectivity index (χ2v) is 4.89. The van der Waals surface area contributed by atoms with E-state index in [9.17, 15) is 9.18 Å². The van der Waals surface area contributed by atoms with Gasteiger partial charge in [0, 0.05) is 5.02 Å². The Kier molecular flexibility index (Phi) is 5.94. The molecule has 0 aliphatic rings. The highest BCUT2D eigenvalue weighted by atomic mass is 35.5. The zero-order chi connectivity index (χ0) is 16.7. The van der Waals surface area contributed by atoms with E-state index >= 15 is 0 Å². The minimum absolute atomic E-state index is 0.304.